The smallest absolute Gasteiger partial charge is 0.259 e. The highest BCUT2D eigenvalue weighted by Gasteiger charge is 2.16. The molecule has 0 aliphatic carbocycles. The summed E-state index contributed by atoms with van der Waals surface area (Å²) >= 11 is 0. The summed E-state index contributed by atoms with van der Waals surface area (Å²) in [6.07, 6.45) is 2.30. The summed E-state index contributed by atoms with van der Waals surface area (Å²) in [5.41, 5.74) is 1.57. The molecule has 0 saturated carbocycles. The molecule has 24 heavy (non-hydrogen) atoms. The largest absolute Gasteiger partial charge is 0.507 e. The Kier molecular flexibility index (Phi) is 5.01. The molecule has 0 radical (unpaired) electrons. The summed E-state index contributed by atoms with van der Waals surface area (Å²) in [5, 5.41) is 12.7. The van der Waals surface area contributed by atoms with Crippen LogP contribution >= 0.6 is 0 Å². The van der Waals surface area contributed by atoms with E-state index in [4.69, 9.17) is 9.47 Å². The lowest BCUT2D eigenvalue weighted by molar-refractivity contribution is 0.0679. The van der Waals surface area contributed by atoms with Crippen LogP contribution in [0, 0.1) is 6.92 Å². The molecule has 2 N–H and O–H groups in total. The Morgan fingerprint density at radius 2 is 2.08 bits per heavy atom. The van der Waals surface area contributed by atoms with E-state index in [-0.39, 0.29) is 23.3 Å². The number of ether oxygens (including phenoxy) is 2. The first-order chi connectivity index (χ1) is 11.6. The van der Waals surface area contributed by atoms with Crippen LogP contribution in [0.4, 0.5) is 5.69 Å². The fraction of sp³-hybridized carbons (Fsp3) is 0.316. The van der Waals surface area contributed by atoms with E-state index >= 15 is 0 Å². The number of hydrogen-bond donors (Lipinski definition) is 2. The van der Waals surface area contributed by atoms with Crippen molar-refractivity contribution in [3.63, 3.8) is 0 Å². The van der Waals surface area contributed by atoms with E-state index in [1.54, 1.807) is 49.4 Å². The number of nitrogens with one attached hydrogen (secondary N) is 1. The first-order valence-corrected chi connectivity index (χ1v) is 8.08. The number of para-hydroxylation sites is 1. The molecule has 1 aliphatic heterocycles. The highest BCUT2D eigenvalue weighted by molar-refractivity contribution is 6.06. The maximum Gasteiger partial charge on any atom is 0.259 e. The average Bonchev–Trinajstić information content (AvgIpc) is 3.10. The molecule has 1 unspecified atom stereocenters. The van der Waals surface area contributed by atoms with Gasteiger partial charge in [0.05, 0.1) is 11.7 Å². The summed E-state index contributed by atoms with van der Waals surface area (Å²) in [6.45, 7) is 3.11. The van der Waals surface area contributed by atoms with E-state index in [1.165, 1.54) is 0 Å². The lowest BCUT2D eigenvalue weighted by Crippen LogP contribution is -2.16. The summed E-state index contributed by atoms with van der Waals surface area (Å²) in [4.78, 5) is 12.3. The van der Waals surface area contributed by atoms with Crippen molar-refractivity contribution in [2.24, 2.45) is 0 Å². The number of aryl methyl sites for hydroxylation is 1. The summed E-state index contributed by atoms with van der Waals surface area (Å²) in [7, 11) is 0. The molecule has 0 bridgehead atoms. The highest BCUT2D eigenvalue weighted by Crippen LogP contribution is 2.23. The Hall–Kier alpha value is -2.53. The van der Waals surface area contributed by atoms with Crippen LogP contribution in [0.2, 0.25) is 0 Å². The van der Waals surface area contributed by atoms with Crippen LogP contribution in [0.25, 0.3) is 0 Å². The van der Waals surface area contributed by atoms with Crippen LogP contribution in [-0.4, -0.2) is 30.3 Å². The van der Waals surface area contributed by atoms with Gasteiger partial charge in [0.2, 0.25) is 0 Å². The van der Waals surface area contributed by atoms with Crippen molar-refractivity contribution in [3.8, 4) is 11.5 Å². The van der Waals surface area contributed by atoms with E-state index in [2.05, 4.69) is 5.32 Å². The Morgan fingerprint density at radius 1 is 1.29 bits per heavy atom. The van der Waals surface area contributed by atoms with Crippen LogP contribution < -0.4 is 10.1 Å². The Labute approximate surface area is 141 Å². The minimum absolute atomic E-state index is 0.00603. The summed E-state index contributed by atoms with van der Waals surface area (Å²) in [5.74, 6) is 0.401. The number of rotatable bonds is 5. The van der Waals surface area contributed by atoms with E-state index in [1.807, 2.05) is 0 Å². The van der Waals surface area contributed by atoms with Crippen molar-refractivity contribution in [2.45, 2.75) is 25.9 Å². The molecule has 1 amide bonds. The number of phenolic OH excluding ortho intramolecular Hbond substituents is 1. The van der Waals surface area contributed by atoms with Crippen molar-refractivity contribution in [1.29, 1.82) is 0 Å². The molecule has 2 aromatic rings. The Bertz CT molecular complexity index is 706. The molecule has 2 aromatic carbocycles. The monoisotopic (exact) mass is 327 g/mol. The third-order valence-corrected chi connectivity index (χ3v) is 4.05. The van der Waals surface area contributed by atoms with Gasteiger partial charge in [-0.15, -0.1) is 0 Å². The standard InChI is InChI=1S/C19H21NO4/c1-13-4-2-6-17(18(13)21)19(22)20-14-7-9-15(10-8-14)24-12-16-5-3-11-23-16/h2,4,6-10,16,21H,3,5,11-12H2,1H3,(H,20,22). The van der Waals surface area contributed by atoms with Gasteiger partial charge in [-0.2, -0.15) is 0 Å². The average molecular weight is 327 g/mol. The fourth-order valence-electron chi connectivity index (χ4n) is 2.64. The van der Waals surface area contributed by atoms with E-state index in [0.29, 0.717) is 17.9 Å². The topological polar surface area (TPSA) is 67.8 Å². The van der Waals surface area contributed by atoms with E-state index in [9.17, 15) is 9.90 Å². The zero-order chi connectivity index (χ0) is 16.9. The molecular formula is C19H21NO4. The predicted octanol–water partition coefficient (Wildman–Crippen LogP) is 3.51. The first kappa shape index (κ1) is 16.3. The predicted molar refractivity (Wildman–Crippen MR) is 91.7 cm³/mol. The van der Waals surface area contributed by atoms with Gasteiger partial charge in [0.25, 0.3) is 5.91 Å². The maximum atomic E-state index is 12.3. The molecule has 1 fully saturated rings. The van der Waals surface area contributed by atoms with Gasteiger partial charge in [-0.05, 0) is 55.7 Å². The Morgan fingerprint density at radius 3 is 2.79 bits per heavy atom. The summed E-state index contributed by atoms with van der Waals surface area (Å²) in [6, 6.07) is 12.3. The molecule has 5 heteroatoms. The minimum Gasteiger partial charge on any atom is -0.507 e. The van der Waals surface area contributed by atoms with E-state index < -0.39 is 0 Å². The van der Waals surface area contributed by atoms with Gasteiger partial charge >= 0.3 is 0 Å². The Balaban J connectivity index is 1.59. The lowest BCUT2D eigenvalue weighted by atomic mass is 10.1. The second-order valence-corrected chi connectivity index (χ2v) is 5.90. The van der Waals surface area contributed by atoms with Gasteiger partial charge in [-0.1, -0.05) is 12.1 Å². The lowest BCUT2D eigenvalue weighted by Gasteiger charge is -2.12. The highest BCUT2D eigenvalue weighted by atomic mass is 16.5. The SMILES string of the molecule is Cc1cccc(C(=O)Nc2ccc(OCC3CCCO3)cc2)c1O. The molecule has 3 rings (SSSR count). The van der Waals surface area contributed by atoms with Gasteiger partial charge in [0.15, 0.2) is 0 Å². The number of carbonyl (C=O) groups excluding carboxylic acids is 1. The van der Waals surface area contributed by atoms with Crippen LogP contribution in [0.3, 0.4) is 0 Å². The van der Waals surface area contributed by atoms with Crippen LogP contribution in [0.15, 0.2) is 42.5 Å². The van der Waals surface area contributed by atoms with E-state index in [0.717, 1.165) is 25.2 Å². The zero-order valence-corrected chi connectivity index (χ0v) is 13.6. The molecule has 1 atom stereocenters. The van der Waals surface area contributed by atoms with Crippen molar-refractivity contribution in [1.82, 2.24) is 0 Å². The number of benzene rings is 2. The van der Waals surface area contributed by atoms with Crippen LogP contribution in [-0.2, 0) is 4.74 Å². The fourth-order valence-corrected chi connectivity index (χ4v) is 2.64. The van der Waals surface area contributed by atoms with Crippen molar-refractivity contribution in [3.05, 3.63) is 53.6 Å². The van der Waals surface area contributed by atoms with Gasteiger partial charge in [-0.3, -0.25) is 4.79 Å². The molecule has 126 valence electrons. The van der Waals surface area contributed by atoms with Crippen LogP contribution in [0.1, 0.15) is 28.8 Å². The number of anilines is 1. The summed E-state index contributed by atoms with van der Waals surface area (Å²) < 4.78 is 11.2. The normalized spacial score (nSPS) is 16.8. The molecule has 1 aliphatic rings. The second-order valence-electron chi connectivity index (χ2n) is 5.90. The number of phenols is 1. The molecular weight excluding hydrogens is 306 g/mol. The number of amides is 1. The zero-order valence-electron chi connectivity index (χ0n) is 13.6. The third kappa shape index (κ3) is 3.86. The number of aromatic hydroxyl groups is 1. The van der Waals surface area contributed by atoms with Crippen molar-refractivity contribution in [2.75, 3.05) is 18.5 Å². The number of hydrogen-bond acceptors (Lipinski definition) is 4. The first-order valence-electron chi connectivity index (χ1n) is 8.08. The van der Waals surface area contributed by atoms with Gasteiger partial charge in [0, 0.05) is 12.3 Å². The molecule has 0 spiro atoms. The van der Waals surface area contributed by atoms with Crippen molar-refractivity contribution < 1.29 is 19.4 Å². The van der Waals surface area contributed by atoms with Gasteiger partial charge in [-0.25, -0.2) is 0 Å². The van der Waals surface area contributed by atoms with Gasteiger partial charge in [0.1, 0.15) is 18.1 Å². The molecule has 1 heterocycles. The molecule has 5 nitrogen and oxygen atoms in total. The third-order valence-electron chi connectivity index (χ3n) is 4.05. The van der Waals surface area contributed by atoms with Gasteiger partial charge < -0.3 is 19.9 Å². The number of carbonyl (C=O) groups is 1. The minimum atomic E-state index is -0.343. The second kappa shape index (κ2) is 7.36. The maximum absolute atomic E-state index is 12.3. The molecule has 1 saturated heterocycles. The van der Waals surface area contributed by atoms with Crippen molar-refractivity contribution >= 4 is 11.6 Å². The quantitative estimate of drug-likeness (QED) is 0.882. The van der Waals surface area contributed by atoms with Crippen LogP contribution in [0.5, 0.6) is 11.5 Å². The molecule has 0 aromatic heterocycles.